The van der Waals surface area contributed by atoms with E-state index in [4.69, 9.17) is 16.3 Å². The van der Waals surface area contributed by atoms with Crippen LogP contribution in [0.2, 0.25) is 5.02 Å². The molecule has 5 nitrogen and oxygen atoms in total. The number of ether oxygens (including phenoxy) is 1. The fourth-order valence-corrected chi connectivity index (χ4v) is 3.69. The zero-order valence-corrected chi connectivity index (χ0v) is 13.3. The minimum atomic E-state index is -3.71. The first kappa shape index (κ1) is 16.6. The first-order chi connectivity index (χ1) is 9.88. The Hall–Kier alpha value is -0.730. The lowest BCUT2D eigenvalue weighted by Gasteiger charge is -2.29. The summed E-state index contributed by atoms with van der Waals surface area (Å²) < 4.78 is 45.3. The normalized spacial score (nSPS) is 18.6. The van der Waals surface area contributed by atoms with Crippen LogP contribution in [-0.4, -0.2) is 52.2 Å². The van der Waals surface area contributed by atoms with Crippen LogP contribution < -0.4 is 4.72 Å². The summed E-state index contributed by atoms with van der Waals surface area (Å²) in [4.78, 5) is 2.09. The summed E-state index contributed by atoms with van der Waals surface area (Å²) in [5.41, 5.74) is 0. The second kappa shape index (κ2) is 7.02. The molecule has 0 aromatic heterocycles. The standard InChI is InChI=1S/C13H18ClFN2O3S/c1-10(9-17-4-6-20-7-5-17)16-21(18,19)11-2-3-13(15)12(14)8-11/h2-3,8,10,16H,4-7,9H2,1H3. The molecule has 1 unspecified atom stereocenters. The second-order valence-electron chi connectivity index (χ2n) is 5.01. The quantitative estimate of drug-likeness (QED) is 0.885. The van der Waals surface area contributed by atoms with Crippen LogP contribution in [0.4, 0.5) is 4.39 Å². The summed E-state index contributed by atoms with van der Waals surface area (Å²) in [7, 11) is -3.71. The van der Waals surface area contributed by atoms with E-state index in [-0.39, 0.29) is 16.0 Å². The molecule has 0 bridgehead atoms. The molecular weight excluding hydrogens is 319 g/mol. The van der Waals surface area contributed by atoms with E-state index >= 15 is 0 Å². The Labute approximate surface area is 129 Å². The van der Waals surface area contributed by atoms with Crippen molar-refractivity contribution in [1.82, 2.24) is 9.62 Å². The molecule has 2 rings (SSSR count). The van der Waals surface area contributed by atoms with E-state index in [0.29, 0.717) is 19.8 Å². The number of hydrogen-bond donors (Lipinski definition) is 1. The predicted molar refractivity (Wildman–Crippen MR) is 78.5 cm³/mol. The van der Waals surface area contributed by atoms with Gasteiger partial charge in [0.1, 0.15) is 5.82 Å². The topological polar surface area (TPSA) is 58.6 Å². The van der Waals surface area contributed by atoms with E-state index in [1.54, 1.807) is 6.92 Å². The van der Waals surface area contributed by atoms with Crippen LogP contribution >= 0.6 is 11.6 Å². The highest BCUT2D eigenvalue weighted by Crippen LogP contribution is 2.19. The third kappa shape index (κ3) is 4.62. The highest BCUT2D eigenvalue weighted by atomic mass is 35.5. The van der Waals surface area contributed by atoms with Gasteiger partial charge in [-0.15, -0.1) is 0 Å². The molecule has 1 aromatic carbocycles. The van der Waals surface area contributed by atoms with Gasteiger partial charge in [0.25, 0.3) is 0 Å². The zero-order valence-electron chi connectivity index (χ0n) is 11.7. The van der Waals surface area contributed by atoms with Crippen LogP contribution in [0.5, 0.6) is 0 Å². The maximum atomic E-state index is 13.1. The molecule has 1 heterocycles. The maximum absolute atomic E-state index is 13.1. The molecule has 1 fully saturated rings. The van der Waals surface area contributed by atoms with Crippen molar-refractivity contribution in [3.8, 4) is 0 Å². The van der Waals surface area contributed by atoms with Crippen molar-refractivity contribution in [3.05, 3.63) is 29.0 Å². The van der Waals surface area contributed by atoms with Gasteiger partial charge in [-0.25, -0.2) is 17.5 Å². The number of hydrogen-bond acceptors (Lipinski definition) is 4. The molecule has 1 aliphatic heterocycles. The van der Waals surface area contributed by atoms with Gasteiger partial charge in [-0.1, -0.05) is 11.6 Å². The predicted octanol–water partition coefficient (Wildman–Crippen LogP) is 1.48. The van der Waals surface area contributed by atoms with Gasteiger partial charge in [-0.2, -0.15) is 0 Å². The maximum Gasteiger partial charge on any atom is 0.240 e. The van der Waals surface area contributed by atoms with Crippen molar-refractivity contribution >= 4 is 21.6 Å². The molecule has 1 aromatic rings. The van der Waals surface area contributed by atoms with Crippen molar-refractivity contribution < 1.29 is 17.5 Å². The Morgan fingerprint density at radius 2 is 2.10 bits per heavy atom. The summed E-state index contributed by atoms with van der Waals surface area (Å²) in [6, 6.07) is 3.09. The average molecular weight is 337 g/mol. The Bertz CT molecular complexity index is 591. The van der Waals surface area contributed by atoms with E-state index in [0.717, 1.165) is 25.2 Å². The molecule has 0 aliphatic carbocycles. The average Bonchev–Trinajstić information content (AvgIpc) is 2.42. The molecule has 0 amide bonds. The smallest absolute Gasteiger partial charge is 0.240 e. The Balaban J connectivity index is 2.00. The molecule has 1 atom stereocenters. The SMILES string of the molecule is CC(CN1CCOCC1)NS(=O)(=O)c1ccc(F)c(Cl)c1. The van der Waals surface area contributed by atoms with Gasteiger partial charge in [0, 0.05) is 25.7 Å². The molecule has 1 aliphatic rings. The molecule has 118 valence electrons. The molecule has 1 N–H and O–H groups in total. The lowest BCUT2D eigenvalue weighted by Crippen LogP contribution is -2.45. The van der Waals surface area contributed by atoms with Crippen LogP contribution in [0, 0.1) is 5.82 Å². The van der Waals surface area contributed by atoms with Gasteiger partial charge in [0.2, 0.25) is 10.0 Å². The minimum absolute atomic E-state index is 0.0391. The molecule has 1 saturated heterocycles. The van der Waals surface area contributed by atoms with Crippen molar-refractivity contribution in [1.29, 1.82) is 0 Å². The van der Waals surface area contributed by atoms with Crippen LogP contribution in [0.3, 0.4) is 0 Å². The Morgan fingerprint density at radius 1 is 1.43 bits per heavy atom. The van der Waals surface area contributed by atoms with Crippen molar-refractivity contribution in [2.45, 2.75) is 17.9 Å². The lowest BCUT2D eigenvalue weighted by molar-refractivity contribution is 0.0354. The fourth-order valence-electron chi connectivity index (χ4n) is 2.19. The molecule has 0 saturated carbocycles. The zero-order chi connectivity index (χ0) is 15.5. The van der Waals surface area contributed by atoms with Gasteiger partial charge in [-0.3, -0.25) is 4.90 Å². The third-order valence-corrected chi connectivity index (χ3v) is 5.07. The van der Waals surface area contributed by atoms with Crippen molar-refractivity contribution in [3.63, 3.8) is 0 Å². The van der Waals surface area contributed by atoms with Crippen LogP contribution in [-0.2, 0) is 14.8 Å². The number of benzene rings is 1. The molecule has 8 heteroatoms. The van der Waals surface area contributed by atoms with Crippen LogP contribution in [0.1, 0.15) is 6.92 Å². The molecule has 21 heavy (non-hydrogen) atoms. The third-order valence-electron chi connectivity index (χ3n) is 3.19. The highest BCUT2D eigenvalue weighted by Gasteiger charge is 2.21. The van der Waals surface area contributed by atoms with Gasteiger partial charge >= 0.3 is 0 Å². The first-order valence-electron chi connectivity index (χ1n) is 6.66. The fraction of sp³-hybridized carbons (Fsp3) is 0.538. The van der Waals surface area contributed by atoms with E-state index < -0.39 is 15.8 Å². The summed E-state index contributed by atoms with van der Waals surface area (Å²) in [6.07, 6.45) is 0. The number of sulfonamides is 1. The van der Waals surface area contributed by atoms with Crippen molar-refractivity contribution in [2.75, 3.05) is 32.8 Å². The number of morpholine rings is 1. The molecule has 0 radical (unpaired) electrons. The van der Waals surface area contributed by atoms with Gasteiger partial charge in [-0.05, 0) is 25.1 Å². The Morgan fingerprint density at radius 3 is 2.71 bits per heavy atom. The minimum Gasteiger partial charge on any atom is -0.379 e. The summed E-state index contributed by atoms with van der Waals surface area (Å²) in [6.45, 7) is 5.28. The molecule has 0 spiro atoms. The summed E-state index contributed by atoms with van der Waals surface area (Å²) in [5, 5.41) is -0.210. The lowest BCUT2D eigenvalue weighted by atomic mass is 10.3. The largest absolute Gasteiger partial charge is 0.379 e. The first-order valence-corrected chi connectivity index (χ1v) is 8.52. The molecular formula is C13H18ClFN2O3S. The van der Waals surface area contributed by atoms with Crippen LogP contribution in [0.25, 0.3) is 0 Å². The number of nitrogens with one attached hydrogen (secondary N) is 1. The highest BCUT2D eigenvalue weighted by molar-refractivity contribution is 7.89. The Kier molecular flexibility index (Phi) is 5.56. The second-order valence-corrected chi connectivity index (χ2v) is 7.13. The van der Waals surface area contributed by atoms with Gasteiger partial charge in [0.05, 0.1) is 23.1 Å². The van der Waals surface area contributed by atoms with E-state index in [1.165, 1.54) is 6.07 Å². The van der Waals surface area contributed by atoms with E-state index in [2.05, 4.69) is 9.62 Å². The number of halogens is 2. The van der Waals surface area contributed by atoms with E-state index in [1.807, 2.05) is 0 Å². The summed E-state index contributed by atoms with van der Waals surface area (Å²) >= 11 is 5.62. The van der Waals surface area contributed by atoms with Crippen LogP contribution in [0.15, 0.2) is 23.1 Å². The monoisotopic (exact) mass is 336 g/mol. The van der Waals surface area contributed by atoms with Gasteiger partial charge in [0.15, 0.2) is 0 Å². The number of nitrogens with zero attached hydrogens (tertiary/aromatic N) is 1. The van der Waals surface area contributed by atoms with Crippen molar-refractivity contribution in [2.24, 2.45) is 0 Å². The number of rotatable bonds is 5. The summed E-state index contributed by atoms with van der Waals surface area (Å²) in [5.74, 6) is -0.642. The van der Waals surface area contributed by atoms with Gasteiger partial charge < -0.3 is 4.74 Å². The van der Waals surface area contributed by atoms with E-state index in [9.17, 15) is 12.8 Å².